The van der Waals surface area contributed by atoms with E-state index in [9.17, 15) is 0 Å². The van der Waals surface area contributed by atoms with Gasteiger partial charge in [-0.1, -0.05) is 12.1 Å². The molecule has 2 aliphatic heterocycles. The van der Waals surface area contributed by atoms with Crippen LogP contribution in [0.25, 0.3) is 0 Å². The van der Waals surface area contributed by atoms with Crippen LogP contribution in [0, 0.1) is 11.3 Å². The molecule has 2 aliphatic rings. The standard InChI is InChI=1S/C18H25N3O2/c19-12-16-2-4-17(5-3-16)13-21-6-1-9-23-18(15-21)14-20-7-10-22-11-8-20/h2-5,18H,1,6-11,13-15H2. The van der Waals surface area contributed by atoms with E-state index in [1.807, 2.05) is 12.1 Å². The summed E-state index contributed by atoms with van der Waals surface area (Å²) in [5.74, 6) is 0. The van der Waals surface area contributed by atoms with Crippen molar-refractivity contribution in [2.75, 3.05) is 52.5 Å². The van der Waals surface area contributed by atoms with E-state index in [0.717, 1.165) is 71.1 Å². The van der Waals surface area contributed by atoms with E-state index in [1.165, 1.54) is 5.56 Å². The smallest absolute Gasteiger partial charge is 0.0991 e. The molecule has 1 unspecified atom stereocenters. The maximum atomic E-state index is 8.89. The molecule has 124 valence electrons. The minimum Gasteiger partial charge on any atom is -0.379 e. The Bertz CT molecular complexity index is 520. The molecule has 0 N–H and O–H groups in total. The SMILES string of the molecule is N#Cc1ccc(CN2CCCOC(CN3CCOCC3)C2)cc1. The van der Waals surface area contributed by atoms with Gasteiger partial charge in [0.1, 0.15) is 0 Å². The molecule has 5 nitrogen and oxygen atoms in total. The van der Waals surface area contributed by atoms with Crippen LogP contribution in [0.1, 0.15) is 17.5 Å². The Hall–Kier alpha value is -1.45. The third-order valence-electron chi connectivity index (χ3n) is 4.49. The first-order valence-electron chi connectivity index (χ1n) is 8.46. The number of ether oxygens (including phenoxy) is 2. The fourth-order valence-corrected chi connectivity index (χ4v) is 3.24. The van der Waals surface area contributed by atoms with Crippen LogP contribution in [-0.2, 0) is 16.0 Å². The van der Waals surface area contributed by atoms with Gasteiger partial charge in [0, 0.05) is 45.9 Å². The summed E-state index contributed by atoms with van der Waals surface area (Å²) in [6, 6.07) is 10.1. The van der Waals surface area contributed by atoms with Crippen molar-refractivity contribution < 1.29 is 9.47 Å². The number of rotatable bonds is 4. The van der Waals surface area contributed by atoms with Crippen LogP contribution in [0.15, 0.2) is 24.3 Å². The molecule has 3 rings (SSSR count). The average Bonchev–Trinajstić information content (AvgIpc) is 2.81. The van der Waals surface area contributed by atoms with Gasteiger partial charge in [-0.25, -0.2) is 0 Å². The molecule has 0 aliphatic carbocycles. The Morgan fingerprint density at radius 2 is 1.83 bits per heavy atom. The second-order valence-electron chi connectivity index (χ2n) is 6.30. The third-order valence-corrected chi connectivity index (χ3v) is 4.49. The summed E-state index contributed by atoms with van der Waals surface area (Å²) < 4.78 is 11.5. The topological polar surface area (TPSA) is 48.7 Å². The second kappa shape index (κ2) is 8.42. The Morgan fingerprint density at radius 1 is 1.04 bits per heavy atom. The van der Waals surface area contributed by atoms with Gasteiger partial charge in [0.05, 0.1) is 31.0 Å². The summed E-state index contributed by atoms with van der Waals surface area (Å²) in [7, 11) is 0. The number of nitrogens with zero attached hydrogens (tertiary/aromatic N) is 3. The second-order valence-corrected chi connectivity index (χ2v) is 6.30. The quantitative estimate of drug-likeness (QED) is 0.842. The van der Waals surface area contributed by atoms with Crippen LogP contribution >= 0.6 is 0 Å². The lowest BCUT2D eigenvalue weighted by Crippen LogP contribution is -2.44. The largest absolute Gasteiger partial charge is 0.379 e. The fraction of sp³-hybridized carbons (Fsp3) is 0.611. The highest BCUT2D eigenvalue weighted by atomic mass is 16.5. The molecule has 2 saturated heterocycles. The average molecular weight is 315 g/mol. The van der Waals surface area contributed by atoms with Crippen molar-refractivity contribution in [3.63, 3.8) is 0 Å². The van der Waals surface area contributed by atoms with E-state index in [2.05, 4.69) is 28.0 Å². The van der Waals surface area contributed by atoms with E-state index in [4.69, 9.17) is 14.7 Å². The van der Waals surface area contributed by atoms with E-state index >= 15 is 0 Å². The van der Waals surface area contributed by atoms with Gasteiger partial charge in [0.2, 0.25) is 0 Å². The van der Waals surface area contributed by atoms with E-state index in [0.29, 0.717) is 0 Å². The fourth-order valence-electron chi connectivity index (χ4n) is 3.24. The van der Waals surface area contributed by atoms with Gasteiger partial charge in [-0.05, 0) is 24.1 Å². The predicted octanol–water partition coefficient (Wildman–Crippen LogP) is 1.48. The number of morpholine rings is 1. The van der Waals surface area contributed by atoms with Crippen molar-refractivity contribution in [2.24, 2.45) is 0 Å². The highest BCUT2D eigenvalue weighted by molar-refractivity contribution is 5.31. The van der Waals surface area contributed by atoms with Crippen molar-refractivity contribution in [3.8, 4) is 6.07 Å². The van der Waals surface area contributed by atoms with Gasteiger partial charge in [0.15, 0.2) is 0 Å². The first-order chi connectivity index (χ1) is 11.3. The lowest BCUT2D eigenvalue weighted by atomic mass is 10.1. The van der Waals surface area contributed by atoms with E-state index in [1.54, 1.807) is 0 Å². The van der Waals surface area contributed by atoms with Crippen LogP contribution < -0.4 is 0 Å². The van der Waals surface area contributed by atoms with Crippen LogP contribution in [-0.4, -0.2) is 68.4 Å². The molecule has 0 bridgehead atoms. The van der Waals surface area contributed by atoms with Crippen molar-refractivity contribution >= 4 is 0 Å². The van der Waals surface area contributed by atoms with Gasteiger partial charge in [-0.2, -0.15) is 5.26 Å². The van der Waals surface area contributed by atoms with Gasteiger partial charge >= 0.3 is 0 Å². The summed E-state index contributed by atoms with van der Waals surface area (Å²) in [6.45, 7) is 8.49. The van der Waals surface area contributed by atoms with Crippen molar-refractivity contribution in [3.05, 3.63) is 35.4 Å². The lowest BCUT2D eigenvalue weighted by molar-refractivity contribution is -0.0122. The number of hydrogen-bond donors (Lipinski definition) is 0. The molecule has 0 radical (unpaired) electrons. The molecule has 2 heterocycles. The maximum Gasteiger partial charge on any atom is 0.0991 e. The monoisotopic (exact) mass is 315 g/mol. The summed E-state index contributed by atoms with van der Waals surface area (Å²) in [6.07, 6.45) is 1.35. The molecule has 1 aromatic rings. The van der Waals surface area contributed by atoms with Crippen molar-refractivity contribution in [1.29, 1.82) is 5.26 Å². The van der Waals surface area contributed by atoms with E-state index < -0.39 is 0 Å². The summed E-state index contributed by atoms with van der Waals surface area (Å²) in [5, 5.41) is 8.89. The molecular formula is C18H25N3O2. The predicted molar refractivity (Wildman–Crippen MR) is 88.1 cm³/mol. The number of nitriles is 1. The normalized spacial score (nSPS) is 24.0. The van der Waals surface area contributed by atoms with Gasteiger partial charge in [0.25, 0.3) is 0 Å². The Morgan fingerprint density at radius 3 is 2.57 bits per heavy atom. The highest BCUT2D eigenvalue weighted by Crippen LogP contribution is 2.13. The molecule has 5 heteroatoms. The van der Waals surface area contributed by atoms with Gasteiger partial charge in [-0.15, -0.1) is 0 Å². The van der Waals surface area contributed by atoms with Crippen LogP contribution in [0.5, 0.6) is 0 Å². The zero-order valence-corrected chi connectivity index (χ0v) is 13.6. The molecule has 1 atom stereocenters. The third kappa shape index (κ3) is 5.02. The maximum absolute atomic E-state index is 8.89. The van der Waals surface area contributed by atoms with Crippen molar-refractivity contribution in [1.82, 2.24) is 9.80 Å². The molecule has 0 spiro atoms. The molecule has 0 saturated carbocycles. The Kier molecular flexibility index (Phi) is 6.00. The molecule has 0 aromatic heterocycles. The molecule has 23 heavy (non-hydrogen) atoms. The van der Waals surface area contributed by atoms with Gasteiger partial charge in [-0.3, -0.25) is 9.80 Å². The van der Waals surface area contributed by atoms with Crippen LogP contribution in [0.3, 0.4) is 0 Å². The Balaban J connectivity index is 1.54. The van der Waals surface area contributed by atoms with Crippen molar-refractivity contribution in [2.45, 2.75) is 19.1 Å². The number of hydrogen-bond acceptors (Lipinski definition) is 5. The zero-order valence-electron chi connectivity index (χ0n) is 13.6. The first-order valence-corrected chi connectivity index (χ1v) is 8.46. The zero-order chi connectivity index (χ0) is 15.9. The molecule has 0 amide bonds. The first kappa shape index (κ1) is 16.4. The molecule has 1 aromatic carbocycles. The summed E-state index contributed by atoms with van der Waals surface area (Å²) in [5.41, 5.74) is 1.98. The highest BCUT2D eigenvalue weighted by Gasteiger charge is 2.22. The molecular weight excluding hydrogens is 290 g/mol. The molecule has 2 fully saturated rings. The minimum absolute atomic E-state index is 0.272. The number of benzene rings is 1. The lowest BCUT2D eigenvalue weighted by Gasteiger charge is -2.31. The minimum atomic E-state index is 0.272. The summed E-state index contributed by atoms with van der Waals surface area (Å²) in [4.78, 5) is 4.92. The Labute approximate surface area is 138 Å². The van der Waals surface area contributed by atoms with Gasteiger partial charge < -0.3 is 9.47 Å². The summed E-state index contributed by atoms with van der Waals surface area (Å²) >= 11 is 0. The van der Waals surface area contributed by atoms with Crippen LogP contribution in [0.4, 0.5) is 0 Å². The van der Waals surface area contributed by atoms with E-state index in [-0.39, 0.29) is 6.10 Å². The van der Waals surface area contributed by atoms with Crippen LogP contribution in [0.2, 0.25) is 0 Å².